The number of halogens is 1. The lowest BCUT2D eigenvalue weighted by Gasteiger charge is -2.38. The average Bonchev–Trinajstić information content (AvgIpc) is 2.83. The lowest BCUT2D eigenvalue weighted by Crippen LogP contribution is -2.39. The van der Waals surface area contributed by atoms with Crippen LogP contribution in [0.2, 0.25) is 5.02 Å². The second kappa shape index (κ2) is 7.64. The number of nitrogens with zero attached hydrogens (tertiary/aromatic N) is 1. The van der Waals surface area contributed by atoms with Gasteiger partial charge in [0.25, 0.3) is 0 Å². The zero-order valence-electron chi connectivity index (χ0n) is 16.4. The summed E-state index contributed by atoms with van der Waals surface area (Å²) in [6.45, 7) is 1.01. The van der Waals surface area contributed by atoms with Crippen LogP contribution < -0.4 is 10.1 Å². The molecule has 2 aliphatic rings. The normalized spacial score (nSPS) is 21.0. The van der Waals surface area contributed by atoms with Crippen molar-refractivity contribution in [2.24, 2.45) is 0 Å². The van der Waals surface area contributed by atoms with Gasteiger partial charge in [-0.25, -0.2) is 4.79 Å². The van der Waals surface area contributed by atoms with Gasteiger partial charge in [-0.15, -0.1) is 0 Å². The number of ether oxygens (including phenoxy) is 2. The molecule has 1 aliphatic heterocycles. The summed E-state index contributed by atoms with van der Waals surface area (Å²) >= 11 is 6.42. The van der Waals surface area contributed by atoms with E-state index in [2.05, 4.69) is 41.5 Å². The highest BCUT2D eigenvalue weighted by molar-refractivity contribution is 6.32. The van der Waals surface area contributed by atoms with Gasteiger partial charge in [-0.3, -0.25) is 5.32 Å². The molecular formula is C22H25ClN2O3. The molecule has 0 saturated heterocycles. The minimum absolute atomic E-state index is 0.254. The van der Waals surface area contributed by atoms with Crippen LogP contribution in [0.5, 0.6) is 5.75 Å². The highest BCUT2D eigenvalue weighted by atomic mass is 35.5. The van der Waals surface area contributed by atoms with Crippen molar-refractivity contribution in [1.29, 1.82) is 0 Å². The number of carbonyl (C=O) groups excluding carboxylic acids is 1. The number of hydrogen-bond donors (Lipinski definition) is 1. The Kier molecular flexibility index (Phi) is 5.21. The molecule has 1 heterocycles. The highest BCUT2D eigenvalue weighted by Gasteiger charge is 2.37. The second-order valence-electron chi connectivity index (χ2n) is 7.53. The summed E-state index contributed by atoms with van der Waals surface area (Å²) in [7, 11) is 5.24. The number of carbonyl (C=O) groups is 1. The van der Waals surface area contributed by atoms with Crippen LogP contribution in [0, 0.1) is 0 Å². The average molecular weight is 401 g/mol. The Labute approximate surface area is 170 Å². The Morgan fingerprint density at radius 3 is 2.68 bits per heavy atom. The number of hydrogen-bond acceptors (Lipinski definition) is 4. The molecule has 6 heteroatoms. The molecule has 0 bridgehead atoms. The van der Waals surface area contributed by atoms with Gasteiger partial charge in [0.1, 0.15) is 5.75 Å². The minimum Gasteiger partial charge on any atom is -0.495 e. The third-order valence-electron chi connectivity index (χ3n) is 6.05. The number of fused-ring (bicyclic) bond motifs is 5. The number of amides is 1. The highest BCUT2D eigenvalue weighted by Crippen LogP contribution is 2.45. The van der Waals surface area contributed by atoms with E-state index in [-0.39, 0.29) is 5.92 Å². The van der Waals surface area contributed by atoms with E-state index in [0.717, 1.165) is 37.2 Å². The maximum absolute atomic E-state index is 11.6. The van der Waals surface area contributed by atoms with Crippen molar-refractivity contribution < 1.29 is 14.3 Å². The third kappa shape index (κ3) is 3.33. The number of rotatable bonds is 2. The van der Waals surface area contributed by atoms with Crippen molar-refractivity contribution in [2.75, 3.05) is 33.1 Å². The molecule has 2 aromatic carbocycles. The van der Waals surface area contributed by atoms with Gasteiger partial charge >= 0.3 is 6.09 Å². The Balaban J connectivity index is 1.81. The summed E-state index contributed by atoms with van der Waals surface area (Å²) < 4.78 is 10.2. The summed E-state index contributed by atoms with van der Waals surface area (Å²) in [5.41, 5.74) is 5.93. The van der Waals surface area contributed by atoms with Crippen LogP contribution in [0.4, 0.5) is 10.5 Å². The molecule has 148 valence electrons. The minimum atomic E-state index is -0.451. The smallest absolute Gasteiger partial charge is 0.411 e. The molecule has 1 amide bonds. The lowest BCUT2D eigenvalue weighted by molar-refractivity contribution is 0.187. The van der Waals surface area contributed by atoms with Crippen LogP contribution in [0.25, 0.3) is 0 Å². The quantitative estimate of drug-likeness (QED) is 0.808. The van der Waals surface area contributed by atoms with Crippen molar-refractivity contribution in [2.45, 2.75) is 31.2 Å². The number of benzene rings is 2. The van der Waals surface area contributed by atoms with Gasteiger partial charge < -0.3 is 14.4 Å². The number of nitrogens with one attached hydrogen (secondary N) is 1. The molecule has 0 spiro atoms. The van der Waals surface area contributed by atoms with Crippen LogP contribution >= 0.6 is 11.6 Å². The van der Waals surface area contributed by atoms with Crippen LogP contribution in [0.1, 0.15) is 34.6 Å². The molecule has 0 fully saturated rings. The first-order chi connectivity index (χ1) is 13.5. The van der Waals surface area contributed by atoms with Gasteiger partial charge in [0.15, 0.2) is 0 Å². The predicted molar refractivity (Wildman–Crippen MR) is 111 cm³/mol. The van der Waals surface area contributed by atoms with Gasteiger partial charge in [0.2, 0.25) is 0 Å². The fourth-order valence-corrected chi connectivity index (χ4v) is 4.90. The number of aryl methyl sites for hydroxylation is 1. The maximum Gasteiger partial charge on any atom is 0.411 e. The van der Waals surface area contributed by atoms with Crippen molar-refractivity contribution in [1.82, 2.24) is 4.90 Å². The Morgan fingerprint density at radius 1 is 1.14 bits per heavy atom. The zero-order valence-corrected chi connectivity index (χ0v) is 17.2. The summed E-state index contributed by atoms with van der Waals surface area (Å²) in [6.07, 6.45) is 2.57. The van der Waals surface area contributed by atoms with E-state index < -0.39 is 6.09 Å². The Morgan fingerprint density at radius 2 is 1.93 bits per heavy atom. The summed E-state index contributed by atoms with van der Waals surface area (Å²) in [6, 6.07) is 10.8. The monoisotopic (exact) mass is 400 g/mol. The van der Waals surface area contributed by atoms with Gasteiger partial charge in [-0.05, 0) is 72.8 Å². The molecule has 0 saturated carbocycles. The van der Waals surface area contributed by atoms with Crippen molar-refractivity contribution >= 4 is 23.4 Å². The van der Waals surface area contributed by atoms with E-state index in [4.69, 9.17) is 21.1 Å². The first kappa shape index (κ1) is 19.1. The maximum atomic E-state index is 11.6. The van der Waals surface area contributed by atoms with E-state index in [1.807, 2.05) is 6.07 Å². The topological polar surface area (TPSA) is 50.8 Å². The van der Waals surface area contributed by atoms with E-state index in [9.17, 15) is 4.79 Å². The van der Waals surface area contributed by atoms with Crippen LogP contribution in [0.15, 0.2) is 30.3 Å². The fraction of sp³-hybridized carbons (Fsp3) is 0.409. The second-order valence-corrected chi connectivity index (χ2v) is 7.94. The zero-order chi connectivity index (χ0) is 19.8. The molecule has 4 rings (SSSR count). The van der Waals surface area contributed by atoms with E-state index >= 15 is 0 Å². The largest absolute Gasteiger partial charge is 0.495 e. The van der Waals surface area contributed by atoms with Gasteiger partial charge in [-0.1, -0.05) is 17.7 Å². The predicted octanol–water partition coefficient (Wildman–Crippen LogP) is 4.46. The summed E-state index contributed by atoms with van der Waals surface area (Å²) in [5, 5.41) is 3.43. The van der Waals surface area contributed by atoms with Gasteiger partial charge in [-0.2, -0.15) is 0 Å². The molecule has 2 aromatic rings. The third-order valence-corrected chi connectivity index (χ3v) is 6.35. The SMILES string of the molecule is COC(=O)Nc1ccc2c(c1)CC[C@H]1[C@H]2c2cc(OC)c(Cl)cc2CCN1C. The Bertz CT molecular complexity index is 915. The number of methoxy groups -OCH3 is 2. The van der Waals surface area contributed by atoms with Crippen molar-refractivity contribution in [3.8, 4) is 5.75 Å². The van der Waals surface area contributed by atoms with Gasteiger partial charge in [0, 0.05) is 24.2 Å². The van der Waals surface area contributed by atoms with Crippen LogP contribution in [0.3, 0.4) is 0 Å². The molecule has 5 nitrogen and oxygen atoms in total. The molecular weight excluding hydrogens is 376 g/mol. The Hall–Kier alpha value is -2.24. The first-order valence-corrected chi connectivity index (χ1v) is 9.94. The standard InChI is InChI=1S/C22H25ClN2O3/c1-25-9-8-14-11-18(23)20(27-2)12-17(14)21-16-6-5-15(24-22(26)28-3)10-13(16)4-7-19(21)25/h5-6,10-12,19,21H,4,7-9H2,1-3H3,(H,24,26)/t19-,21+/m0/s1. The molecule has 2 atom stereocenters. The van der Waals surface area contributed by atoms with Crippen LogP contribution in [-0.2, 0) is 17.6 Å². The lowest BCUT2D eigenvalue weighted by atomic mass is 9.74. The van der Waals surface area contributed by atoms with E-state index in [1.165, 1.54) is 29.4 Å². The molecule has 1 aliphatic carbocycles. The number of likely N-dealkylation sites (N-methyl/N-ethyl adjacent to an activating group) is 1. The van der Waals surface area contributed by atoms with Crippen molar-refractivity contribution in [3.63, 3.8) is 0 Å². The molecule has 0 aromatic heterocycles. The van der Waals surface area contributed by atoms with E-state index in [1.54, 1.807) is 7.11 Å². The van der Waals surface area contributed by atoms with Crippen molar-refractivity contribution in [3.05, 3.63) is 57.6 Å². The number of anilines is 1. The summed E-state index contributed by atoms with van der Waals surface area (Å²) in [4.78, 5) is 14.0. The molecule has 0 radical (unpaired) electrons. The van der Waals surface area contributed by atoms with Gasteiger partial charge in [0.05, 0.1) is 19.2 Å². The molecule has 28 heavy (non-hydrogen) atoms. The molecule has 0 unspecified atom stereocenters. The van der Waals surface area contributed by atoms with E-state index in [0.29, 0.717) is 11.1 Å². The van der Waals surface area contributed by atoms with Crippen LogP contribution in [-0.4, -0.2) is 44.8 Å². The summed E-state index contributed by atoms with van der Waals surface area (Å²) in [5.74, 6) is 0.976. The molecule has 1 N–H and O–H groups in total. The first-order valence-electron chi connectivity index (χ1n) is 9.56. The fourth-order valence-electron chi connectivity index (χ4n) is 4.63.